The first kappa shape index (κ1) is 13.3. The highest BCUT2D eigenvalue weighted by Gasteiger charge is 2.34. The summed E-state index contributed by atoms with van der Waals surface area (Å²) in [6.45, 7) is 8.64. The molecular weight excluding hydrogens is 214 g/mol. The molecule has 0 radical (unpaired) electrons. The third kappa shape index (κ3) is 3.67. The highest BCUT2D eigenvalue weighted by atomic mass is 16.6. The summed E-state index contributed by atoms with van der Waals surface area (Å²) < 4.78 is 5.59. The van der Waals surface area contributed by atoms with Gasteiger partial charge in [0.2, 0.25) is 0 Å². The van der Waals surface area contributed by atoms with Crippen molar-refractivity contribution in [2.75, 3.05) is 32.8 Å². The van der Waals surface area contributed by atoms with Gasteiger partial charge in [0.15, 0.2) is 0 Å². The molecule has 3 nitrogen and oxygen atoms in total. The monoisotopic (exact) mass is 242 g/mol. The first-order chi connectivity index (χ1) is 8.09. The van der Waals surface area contributed by atoms with E-state index in [1.165, 1.54) is 25.7 Å². The van der Waals surface area contributed by atoms with Crippen LogP contribution in [0.4, 0.5) is 0 Å². The zero-order chi connectivity index (χ0) is 12.3. The van der Waals surface area contributed by atoms with E-state index in [1.807, 2.05) is 0 Å². The normalized spacial score (nSPS) is 33.9. The summed E-state index contributed by atoms with van der Waals surface area (Å²) in [6, 6.07) is 0. The molecule has 1 aliphatic carbocycles. The second-order valence-electron chi connectivity index (χ2n) is 6.36. The number of hydrogen-bond acceptors (Lipinski definition) is 2. The van der Waals surface area contributed by atoms with E-state index >= 15 is 0 Å². The highest BCUT2D eigenvalue weighted by molar-refractivity contribution is 4.74. The third-order valence-electron chi connectivity index (χ3n) is 4.74. The molecule has 17 heavy (non-hydrogen) atoms. The number of rotatable bonds is 3. The molecule has 0 atom stereocenters. The summed E-state index contributed by atoms with van der Waals surface area (Å²) >= 11 is 0. The van der Waals surface area contributed by atoms with Gasteiger partial charge in [-0.3, -0.25) is 0 Å². The van der Waals surface area contributed by atoms with Gasteiger partial charge in [-0.15, -0.1) is 0 Å². The molecule has 2 rings (SSSR count). The van der Waals surface area contributed by atoms with Gasteiger partial charge >= 0.3 is 0 Å². The van der Waals surface area contributed by atoms with Crippen molar-refractivity contribution in [3.63, 3.8) is 0 Å². The molecule has 2 fully saturated rings. The standard InChI is InChI=1S/C14H28NO2/c1-12(2)14-5-3-13(4-6-14)11-15(16)7-9-17-10-8-15/h12-14,16H,3-11H2,1-2H3/q+1. The van der Waals surface area contributed by atoms with Gasteiger partial charge in [0, 0.05) is 5.92 Å². The van der Waals surface area contributed by atoms with E-state index < -0.39 is 0 Å². The fourth-order valence-corrected chi connectivity index (χ4v) is 3.38. The maximum Gasteiger partial charge on any atom is 0.132 e. The molecule has 0 bridgehead atoms. The second-order valence-corrected chi connectivity index (χ2v) is 6.36. The van der Waals surface area contributed by atoms with E-state index in [9.17, 15) is 5.21 Å². The number of ether oxygens (including phenoxy) is 1. The SMILES string of the molecule is CC(C)C1CCC(C[N+]2(O)CCOCC2)CC1. The molecule has 1 N–H and O–H groups in total. The molecule has 1 saturated carbocycles. The average molecular weight is 242 g/mol. The number of hydroxylamine groups is 3. The minimum Gasteiger partial charge on any atom is -0.370 e. The highest BCUT2D eigenvalue weighted by Crippen LogP contribution is 2.34. The molecule has 0 unspecified atom stereocenters. The molecule has 3 heteroatoms. The van der Waals surface area contributed by atoms with Crippen LogP contribution >= 0.6 is 0 Å². The van der Waals surface area contributed by atoms with Crippen LogP contribution < -0.4 is 0 Å². The van der Waals surface area contributed by atoms with Gasteiger partial charge in [0.1, 0.15) is 19.6 Å². The Labute approximate surface area is 105 Å². The molecule has 0 amide bonds. The van der Waals surface area contributed by atoms with Crippen molar-refractivity contribution in [3.05, 3.63) is 0 Å². The average Bonchev–Trinajstić information content (AvgIpc) is 2.30. The zero-order valence-corrected chi connectivity index (χ0v) is 11.4. The molecule has 0 aromatic rings. The Morgan fingerprint density at radius 2 is 1.71 bits per heavy atom. The van der Waals surface area contributed by atoms with Gasteiger partial charge in [-0.2, -0.15) is 4.65 Å². The van der Waals surface area contributed by atoms with Crippen LogP contribution in [0, 0.1) is 17.8 Å². The molecule has 0 aromatic carbocycles. The summed E-state index contributed by atoms with van der Waals surface area (Å²) in [5.41, 5.74) is 0. The van der Waals surface area contributed by atoms with Crippen molar-refractivity contribution in [3.8, 4) is 0 Å². The Kier molecular flexibility index (Phi) is 4.45. The van der Waals surface area contributed by atoms with Crippen LogP contribution in [-0.4, -0.2) is 42.7 Å². The van der Waals surface area contributed by atoms with Crippen LogP contribution in [-0.2, 0) is 4.74 Å². The molecule has 0 aromatic heterocycles. The second kappa shape index (κ2) is 5.68. The minimum atomic E-state index is 0.261. The summed E-state index contributed by atoms with van der Waals surface area (Å²) in [5.74, 6) is 2.48. The van der Waals surface area contributed by atoms with E-state index in [2.05, 4.69) is 13.8 Å². The Hall–Kier alpha value is -0.120. The van der Waals surface area contributed by atoms with Crippen molar-refractivity contribution >= 4 is 0 Å². The lowest BCUT2D eigenvalue weighted by Gasteiger charge is -2.38. The van der Waals surface area contributed by atoms with Crippen molar-refractivity contribution in [2.45, 2.75) is 39.5 Å². The molecule has 0 spiro atoms. The molecule has 1 saturated heterocycles. The summed E-state index contributed by atoms with van der Waals surface area (Å²) in [5, 5.41) is 10.5. The van der Waals surface area contributed by atoms with Gasteiger partial charge < -0.3 is 4.74 Å². The minimum absolute atomic E-state index is 0.261. The zero-order valence-electron chi connectivity index (χ0n) is 11.4. The van der Waals surface area contributed by atoms with E-state index in [1.54, 1.807) is 0 Å². The number of hydrogen-bond donors (Lipinski definition) is 1. The van der Waals surface area contributed by atoms with Gasteiger partial charge in [0.25, 0.3) is 0 Å². The van der Waals surface area contributed by atoms with Crippen LogP contribution in [0.2, 0.25) is 0 Å². The Morgan fingerprint density at radius 3 is 2.24 bits per heavy atom. The lowest BCUT2D eigenvalue weighted by molar-refractivity contribution is -1.11. The van der Waals surface area contributed by atoms with Crippen LogP contribution in [0.5, 0.6) is 0 Å². The van der Waals surface area contributed by atoms with Crippen LogP contribution in [0.3, 0.4) is 0 Å². The maximum atomic E-state index is 10.5. The fraction of sp³-hybridized carbons (Fsp3) is 1.00. The summed E-state index contributed by atoms with van der Waals surface area (Å²) in [6.07, 6.45) is 5.34. The first-order valence-electron chi connectivity index (χ1n) is 7.26. The lowest BCUT2D eigenvalue weighted by atomic mass is 9.77. The maximum absolute atomic E-state index is 10.5. The number of quaternary nitrogens is 1. The van der Waals surface area contributed by atoms with Crippen LogP contribution in [0.25, 0.3) is 0 Å². The molecule has 1 heterocycles. The van der Waals surface area contributed by atoms with Gasteiger partial charge in [0.05, 0.1) is 13.2 Å². The Balaban J connectivity index is 1.77. The Bertz CT molecular complexity index is 228. The van der Waals surface area contributed by atoms with Crippen LogP contribution in [0.15, 0.2) is 0 Å². The molecular formula is C14H28NO2+. The first-order valence-corrected chi connectivity index (χ1v) is 7.26. The van der Waals surface area contributed by atoms with Crippen LogP contribution in [0.1, 0.15) is 39.5 Å². The quantitative estimate of drug-likeness (QED) is 0.771. The molecule has 1 aliphatic heterocycles. The summed E-state index contributed by atoms with van der Waals surface area (Å²) in [7, 11) is 0. The van der Waals surface area contributed by atoms with E-state index in [0.29, 0.717) is 0 Å². The number of morpholine rings is 1. The van der Waals surface area contributed by atoms with Crippen molar-refractivity contribution in [1.82, 2.24) is 0 Å². The number of nitrogens with zero attached hydrogens (tertiary/aromatic N) is 1. The smallest absolute Gasteiger partial charge is 0.132 e. The molecule has 100 valence electrons. The summed E-state index contributed by atoms with van der Waals surface area (Å²) in [4.78, 5) is 0. The third-order valence-corrected chi connectivity index (χ3v) is 4.74. The molecule has 2 aliphatic rings. The van der Waals surface area contributed by atoms with Gasteiger partial charge in [-0.05, 0) is 37.5 Å². The fourth-order valence-electron chi connectivity index (χ4n) is 3.38. The predicted octanol–water partition coefficient (Wildman–Crippen LogP) is 2.69. The van der Waals surface area contributed by atoms with E-state index in [-0.39, 0.29) is 4.65 Å². The van der Waals surface area contributed by atoms with Gasteiger partial charge in [-0.25, -0.2) is 5.21 Å². The van der Waals surface area contributed by atoms with Crippen molar-refractivity contribution in [1.29, 1.82) is 0 Å². The predicted molar refractivity (Wildman–Crippen MR) is 67.8 cm³/mol. The van der Waals surface area contributed by atoms with E-state index in [4.69, 9.17) is 4.74 Å². The van der Waals surface area contributed by atoms with Crippen molar-refractivity contribution < 1.29 is 14.6 Å². The van der Waals surface area contributed by atoms with Crippen molar-refractivity contribution in [2.24, 2.45) is 17.8 Å². The largest absolute Gasteiger partial charge is 0.370 e. The lowest BCUT2D eigenvalue weighted by Crippen LogP contribution is -2.55. The van der Waals surface area contributed by atoms with Gasteiger partial charge in [-0.1, -0.05) is 13.8 Å². The topological polar surface area (TPSA) is 29.5 Å². The Morgan fingerprint density at radius 1 is 1.12 bits per heavy atom. The van der Waals surface area contributed by atoms with E-state index in [0.717, 1.165) is 50.6 Å².